The topological polar surface area (TPSA) is 66.1 Å². The van der Waals surface area contributed by atoms with E-state index in [4.69, 9.17) is 9.72 Å². The third kappa shape index (κ3) is 3.81. The van der Waals surface area contributed by atoms with Crippen molar-refractivity contribution in [2.24, 2.45) is 0 Å². The van der Waals surface area contributed by atoms with Crippen LogP contribution in [0.4, 0.5) is 5.82 Å². The second-order valence-electron chi connectivity index (χ2n) is 10.2. The first kappa shape index (κ1) is 20.1. The Labute approximate surface area is 184 Å². The second kappa shape index (κ2) is 7.09. The molecule has 31 heavy (non-hydrogen) atoms. The molecule has 6 heteroatoms. The van der Waals surface area contributed by atoms with Gasteiger partial charge in [0.25, 0.3) is 0 Å². The van der Waals surface area contributed by atoms with Gasteiger partial charge in [-0.25, -0.2) is 4.98 Å². The van der Waals surface area contributed by atoms with E-state index in [0.717, 1.165) is 52.4 Å². The molecule has 1 aromatic carbocycles. The van der Waals surface area contributed by atoms with E-state index in [0.29, 0.717) is 12.6 Å². The van der Waals surface area contributed by atoms with Crippen LogP contribution in [-0.4, -0.2) is 39.3 Å². The van der Waals surface area contributed by atoms with Gasteiger partial charge in [0.2, 0.25) is 0 Å². The zero-order valence-corrected chi connectivity index (χ0v) is 19.0. The number of ether oxygens (including phenoxy) is 1. The molecule has 2 aliphatic heterocycles. The fourth-order valence-electron chi connectivity index (χ4n) is 5.37. The Kier molecular flexibility index (Phi) is 4.59. The molecule has 3 aromatic rings. The van der Waals surface area contributed by atoms with Crippen molar-refractivity contribution in [3.8, 4) is 28.0 Å². The number of anilines is 1. The van der Waals surface area contributed by atoms with E-state index in [1.54, 1.807) is 0 Å². The molecule has 2 aromatic heterocycles. The molecule has 2 N–H and O–H groups in total. The lowest BCUT2D eigenvalue weighted by atomic mass is 9.79. The number of piperidine rings is 1. The summed E-state index contributed by atoms with van der Waals surface area (Å²) in [7, 11) is 2.17. The predicted octanol–water partition coefficient (Wildman–Crippen LogP) is 4.78. The van der Waals surface area contributed by atoms with E-state index in [2.05, 4.69) is 85.5 Å². The standard InChI is InChI=1S/C25H31N5O/c1-24(2)11-18(12-25(3,4)29-24)30(5)23-9-8-19-20-7-6-16(17-13-26-27-14-17)10-22(20)31-15-21(19)28-23/h6-10,13-14,18,29H,11-12,15H2,1-5H3,(H,26,27). The van der Waals surface area contributed by atoms with Gasteiger partial charge in [0.1, 0.15) is 18.2 Å². The van der Waals surface area contributed by atoms with Crippen molar-refractivity contribution in [2.75, 3.05) is 11.9 Å². The Balaban J connectivity index is 1.43. The van der Waals surface area contributed by atoms with Gasteiger partial charge in [0, 0.05) is 47.1 Å². The van der Waals surface area contributed by atoms with E-state index in [1.165, 1.54) is 0 Å². The number of aromatic nitrogens is 3. The van der Waals surface area contributed by atoms with Gasteiger partial charge in [0.05, 0.1) is 11.9 Å². The highest BCUT2D eigenvalue weighted by atomic mass is 16.5. The molecule has 0 saturated carbocycles. The van der Waals surface area contributed by atoms with Crippen molar-refractivity contribution in [2.45, 2.75) is 64.3 Å². The van der Waals surface area contributed by atoms with Crippen LogP contribution < -0.4 is 15.0 Å². The van der Waals surface area contributed by atoms with Crippen molar-refractivity contribution >= 4 is 5.82 Å². The largest absolute Gasteiger partial charge is 0.487 e. The normalized spacial score (nSPS) is 19.3. The van der Waals surface area contributed by atoms with Gasteiger partial charge in [-0.15, -0.1) is 0 Å². The lowest BCUT2D eigenvalue weighted by Crippen LogP contribution is -2.62. The molecule has 5 rings (SSSR count). The Bertz CT molecular complexity index is 1090. The lowest BCUT2D eigenvalue weighted by Gasteiger charge is -2.49. The van der Waals surface area contributed by atoms with E-state index in [-0.39, 0.29) is 11.1 Å². The van der Waals surface area contributed by atoms with Crippen molar-refractivity contribution in [3.63, 3.8) is 0 Å². The summed E-state index contributed by atoms with van der Waals surface area (Å²) in [6.07, 6.45) is 5.89. The first-order valence-electron chi connectivity index (χ1n) is 11.0. The quantitative estimate of drug-likeness (QED) is 0.642. The molecule has 0 atom stereocenters. The summed E-state index contributed by atoms with van der Waals surface area (Å²) in [4.78, 5) is 7.37. The number of hydrogen-bond donors (Lipinski definition) is 2. The molecule has 0 spiro atoms. The first-order chi connectivity index (χ1) is 14.7. The maximum Gasteiger partial charge on any atom is 0.131 e. The van der Waals surface area contributed by atoms with Crippen molar-refractivity contribution < 1.29 is 4.74 Å². The average Bonchev–Trinajstić information content (AvgIpc) is 3.25. The predicted molar refractivity (Wildman–Crippen MR) is 124 cm³/mol. The minimum atomic E-state index is 0.101. The minimum absolute atomic E-state index is 0.101. The fraction of sp³-hybridized carbons (Fsp3) is 0.440. The maximum absolute atomic E-state index is 6.11. The van der Waals surface area contributed by atoms with Gasteiger partial charge in [0.15, 0.2) is 0 Å². The van der Waals surface area contributed by atoms with Gasteiger partial charge in [-0.05, 0) is 70.4 Å². The Morgan fingerprint density at radius 1 is 1.00 bits per heavy atom. The van der Waals surface area contributed by atoms with Crippen LogP contribution in [0.3, 0.4) is 0 Å². The monoisotopic (exact) mass is 417 g/mol. The highest BCUT2D eigenvalue weighted by Gasteiger charge is 2.39. The molecule has 0 bridgehead atoms. The average molecular weight is 418 g/mol. The summed E-state index contributed by atoms with van der Waals surface area (Å²) in [5, 5.41) is 10.7. The van der Waals surface area contributed by atoms with Crippen LogP contribution in [0.25, 0.3) is 22.3 Å². The third-order valence-electron chi connectivity index (χ3n) is 6.50. The molecule has 0 aliphatic carbocycles. The van der Waals surface area contributed by atoms with Crippen LogP contribution in [0.2, 0.25) is 0 Å². The van der Waals surface area contributed by atoms with E-state index in [9.17, 15) is 0 Å². The Morgan fingerprint density at radius 3 is 2.45 bits per heavy atom. The summed E-state index contributed by atoms with van der Waals surface area (Å²) in [5.74, 6) is 1.91. The molecule has 162 valence electrons. The summed E-state index contributed by atoms with van der Waals surface area (Å²) >= 11 is 0. The van der Waals surface area contributed by atoms with Crippen LogP contribution in [-0.2, 0) is 6.61 Å². The van der Waals surface area contributed by atoms with Gasteiger partial charge in [-0.1, -0.05) is 6.07 Å². The molecule has 1 saturated heterocycles. The molecule has 0 radical (unpaired) electrons. The minimum Gasteiger partial charge on any atom is -0.487 e. The van der Waals surface area contributed by atoms with Crippen LogP contribution >= 0.6 is 0 Å². The number of aromatic amines is 1. The number of hydrogen-bond acceptors (Lipinski definition) is 5. The molecule has 1 fully saturated rings. The number of H-pyrrole nitrogens is 1. The van der Waals surface area contributed by atoms with Crippen LogP contribution in [0.15, 0.2) is 42.7 Å². The molecule has 0 unspecified atom stereocenters. The third-order valence-corrected chi connectivity index (χ3v) is 6.50. The fourth-order valence-corrected chi connectivity index (χ4v) is 5.37. The number of benzene rings is 1. The van der Waals surface area contributed by atoms with E-state index < -0.39 is 0 Å². The van der Waals surface area contributed by atoms with E-state index >= 15 is 0 Å². The molecule has 6 nitrogen and oxygen atoms in total. The molecule has 0 amide bonds. The Morgan fingerprint density at radius 2 is 1.74 bits per heavy atom. The van der Waals surface area contributed by atoms with Crippen LogP contribution in [0.5, 0.6) is 5.75 Å². The first-order valence-corrected chi connectivity index (χ1v) is 11.0. The number of nitrogens with zero attached hydrogens (tertiary/aromatic N) is 3. The SMILES string of the molecule is CN(c1ccc2c(n1)COc1cc(-c3cn[nH]c3)ccc1-2)C1CC(C)(C)NC(C)(C)C1. The van der Waals surface area contributed by atoms with E-state index in [1.807, 2.05) is 12.4 Å². The van der Waals surface area contributed by atoms with Gasteiger partial charge < -0.3 is 15.0 Å². The smallest absolute Gasteiger partial charge is 0.131 e. The molecular formula is C25H31N5O. The zero-order chi connectivity index (χ0) is 21.8. The zero-order valence-electron chi connectivity index (χ0n) is 19.0. The summed E-state index contributed by atoms with van der Waals surface area (Å²) in [6.45, 7) is 9.65. The van der Waals surface area contributed by atoms with Gasteiger partial charge >= 0.3 is 0 Å². The van der Waals surface area contributed by atoms with Crippen molar-refractivity contribution in [1.29, 1.82) is 0 Å². The number of fused-ring (bicyclic) bond motifs is 3. The molecular weight excluding hydrogens is 386 g/mol. The van der Waals surface area contributed by atoms with Crippen molar-refractivity contribution in [1.82, 2.24) is 20.5 Å². The molecule has 4 heterocycles. The summed E-state index contributed by atoms with van der Waals surface area (Å²) in [6, 6.07) is 11.1. The maximum atomic E-state index is 6.11. The Hall–Kier alpha value is -2.86. The number of pyridine rings is 1. The van der Waals surface area contributed by atoms with Gasteiger partial charge in [-0.2, -0.15) is 5.10 Å². The van der Waals surface area contributed by atoms with Crippen LogP contribution in [0.1, 0.15) is 46.2 Å². The highest BCUT2D eigenvalue weighted by molar-refractivity contribution is 5.79. The summed E-state index contributed by atoms with van der Waals surface area (Å²) in [5.41, 5.74) is 5.60. The van der Waals surface area contributed by atoms with Crippen molar-refractivity contribution in [3.05, 3.63) is 48.4 Å². The number of nitrogens with one attached hydrogen (secondary N) is 2. The van der Waals surface area contributed by atoms with Crippen LogP contribution in [0, 0.1) is 0 Å². The number of rotatable bonds is 3. The second-order valence-corrected chi connectivity index (χ2v) is 10.2. The highest BCUT2D eigenvalue weighted by Crippen LogP contribution is 2.40. The lowest BCUT2D eigenvalue weighted by molar-refractivity contribution is 0.160. The molecule has 2 aliphatic rings. The van der Waals surface area contributed by atoms with Gasteiger partial charge in [-0.3, -0.25) is 5.10 Å². The summed E-state index contributed by atoms with van der Waals surface area (Å²) < 4.78 is 6.11.